The number of nitrogens with zero attached hydrogens (tertiary/aromatic N) is 5. The first-order valence-corrected chi connectivity index (χ1v) is 9.25. The zero-order chi connectivity index (χ0) is 20.0. The standard InChI is InChI=1S/C22H18N6O/c1-14-17-12-16(13-23-20(17)27(2)26-14)22(29)25-21-19(15-8-4-3-5-9-15)24-18-10-6-7-11-28(18)21/h3-13H,1-2H3,(H,25,29). The van der Waals surface area contributed by atoms with Crippen molar-refractivity contribution in [2.45, 2.75) is 6.92 Å². The van der Waals surface area contributed by atoms with Gasteiger partial charge in [0.25, 0.3) is 5.91 Å². The van der Waals surface area contributed by atoms with Crippen LogP contribution < -0.4 is 5.32 Å². The minimum Gasteiger partial charge on any atom is -0.306 e. The van der Waals surface area contributed by atoms with Crippen molar-refractivity contribution >= 4 is 28.4 Å². The maximum atomic E-state index is 13.1. The fourth-order valence-electron chi connectivity index (χ4n) is 3.52. The summed E-state index contributed by atoms with van der Waals surface area (Å²) in [6.45, 7) is 1.91. The molecule has 0 aliphatic rings. The van der Waals surface area contributed by atoms with Gasteiger partial charge in [-0.3, -0.25) is 13.9 Å². The van der Waals surface area contributed by atoms with Crippen molar-refractivity contribution in [1.82, 2.24) is 24.1 Å². The molecule has 1 N–H and O–H groups in total. The lowest BCUT2D eigenvalue weighted by Gasteiger charge is -2.08. The van der Waals surface area contributed by atoms with Crippen LogP contribution in [0.4, 0.5) is 5.82 Å². The summed E-state index contributed by atoms with van der Waals surface area (Å²) >= 11 is 0. The van der Waals surface area contributed by atoms with Crippen LogP contribution in [0.25, 0.3) is 27.9 Å². The fraction of sp³-hybridized carbons (Fsp3) is 0.0909. The molecule has 142 valence electrons. The highest BCUT2D eigenvalue weighted by Crippen LogP contribution is 2.29. The highest BCUT2D eigenvalue weighted by molar-refractivity contribution is 6.07. The summed E-state index contributed by atoms with van der Waals surface area (Å²) in [4.78, 5) is 22.2. The van der Waals surface area contributed by atoms with E-state index in [1.807, 2.05) is 79.2 Å². The van der Waals surface area contributed by atoms with Crippen molar-refractivity contribution in [3.63, 3.8) is 0 Å². The molecule has 0 aliphatic heterocycles. The van der Waals surface area contributed by atoms with E-state index < -0.39 is 0 Å². The number of fused-ring (bicyclic) bond motifs is 2. The molecule has 1 amide bonds. The minimum atomic E-state index is -0.245. The Balaban J connectivity index is 1.60. The molecule has 0 aliphatic carbocycles. The first kappa shape index (κ1) is 17.1. The summed E-state index contributed by atoms with van der Waals surface area (Å²) in [5, 5.41) is 8.27. The second-order valence-corrected chi connectivity index (χ2v) is 6.86. The van der Waals surface area contributed by atoms with Crippen molar-refractivity contribution in [3.8, 4) is 11.3 Å². The van der Waals surface area contributed by atoms with Gasteiger partial charge in [-0.05, 0) is 25.1 Å². The van der Waals surface area contributed by atoms with Gasteiger partial charge in [-0.2, -0.15) is 5.10 Å². The van der Waals surface area contributed by atoms with Gasteiger partial charge >= 0.3 is 0 Å². The summed E-state index contributed by atoms with van der Waals surface area (Å²) in [7, 11) is 1.84. The van der Waals surface area contributed by atoms with Gasteiger partial charge in [0.15, 0.2) is 5.65 Å². The fourth-order valence-corrected chi connectivity index (χ4v) is 3.52. The quantitative estimate of drug-likeness (QED) is 0.514. The highest BCUT2D eigenvalue weighted by atomic mass is 16.1. The molecule has 1 aromatic carbocycles. The first-order valence-electron chi connectivity index (χ1n) is 9.25. The molecule has 29 heavy (non-hydrogen) atoms. The topological polar surface area (TPSA) is 77.1 Å². The normalized spacial score (nSPS) is 11.2. The Morgan fingerprint density at radius 1 is 1.07 bits per heavy atom. The number of hydrogen-bond donors (Lipinski definition) is 1. The van der Waals surface area contributed by atoms with E-state index in [0.29, 0.717) is 11.4 Å². The predicted molar refractivity (Wildman–Crippen MR) is 112 cm³/mol. The van der Waals surface area contributed by atoms with Crippen LogP contribution in [0, 0.1) is 6.92 Å². The number of nitrogens with one attached hydrogen (secondary N) is 1. The number of aromatic nitrogens is 5. The van der Waals surface area contributed by atoms with E-state index in [4.69, 9.17) is 4.98 Å². The van der Waals surface area contributed by atoms with Gasteiger partial charge in [0.2, 0.25) is 0 Å². The van der Waals surface area contributed by atoms with Gasteiger partial charge in [-0.1, -0.05) is 36.4 Å². The molecule has 0 bridgehead atoms. The van der Waals surface area contributed by atoms with Gasteiger partial charge in [0.1, 0.15) is 17.2 Å². The smallest absolute Gasteiger partial charge is 0.258 e. The summed E-state index contributed by atoms with van der Waals surface area (Å²) in [6.07, 6.45) is 3.46. The second-order valence-electron chi connectivity index (χ2n) is 6.86. The Kier molecular flexibility index (Phi) is 3.87. The van der Waals surface area contributed by atoms with Crippen LogP contribution in [0.3, 0.4) is 0 Å². The third-order valence-electron chi connectivity index (χ3n) is 4.93. The Morgan fingerprint density at radius 2 is 1.86 bits per heavy atom. The number of imidazole rings is 1. The lowest BCUT2D eigenvalue weighted by molar-refractivity contribution is 0.102. The molecule has 0 radical (unpaired) electrons. The molecule has 0 fully saturated rings. The van der Waals surface area contributed by atoms with Crippen molar-refractivity contribution in [3.05, 3.63) is 78.2 Å². The van der Waals surface area contributed by atoms with Crippen molar-refractivity contribution in [1.29, 1.82) is 0 Å². The number of pyridine rings is 2. The molecular weight excluding hydrogens is 364 g/mol. The number of amides is 1. The van der Waals surface area contributed by atoms with Crippen molar-refractivity contribution < 1.29 is 4.79 Å². The molecular formula is C22H18N6O. The Morgan fingerprint density at radius 3 is 2.69 bits per heavy atom. The Bertz CT molecular complexity index is 1370. The summed E-state index contributed by atoms with van der Waals surface area (Å²) in [5.74, 6) is 0.380. The Labute approximate surface area is 166 Å². The van der Waals surface area contributed by atoms with Crippen LogP contribution in [0.2, 0.25) is 0 Å². The van der Waals surface area contributed by atoms with Crippen molar-refractivity contribution in [2.24, 2.45) is 7.05 Å². The molecule has 0 atom stereocenters. The van der Waals surface area contributed by atoms with E-state index in [0.717, 1.165) is 33.6 Å². The first-order chi connectivity index (χ1) is 14.1. The van der Waals surface area contributed by atoms with E-state index in [-0.39, 0.29) is 5.91 Å². The molecule has 0 saturated carbocycles. The molecule has 0 unspecified atom stereocenters. The van der Waals surface area contributed by atoms with Crippen LogP contribution in [-0.4, -0.2) is 30.1 Å². The largest absolute Gasteiger partial charge is 0.306 e. The average molecular weight is 382 g/mol. The molecule has 7 nitrogen and oxygen atoms in total. The maximum Gasteiger partial charge on any atom is 0.258 e. The zero-order valence-electron chi connectivity index (χ0n) is 16.0. The zero-order valence-corrected chi connectivity index (χ0v) is 16.0. The summed E-state index contributed by atoms with van der Waals surface area (Å²) < 4.78 is 3.59. The number of hydrogen-bond acceptors (Lipinski definition) is 4. The van der Waals surface area contributed by atoms with Gasteiger partial charge in [-0.25, -0.2) is 9.97 Å². The molecule has 4 aromatic heterocycles. The minimum absolute atomic E-state index is 0.245. The number of benzene rings is 1. The monoisotopic (exact) mass is 382 g/mol. The van der Waals surface area contributed by atoms with Gasteiger partial charge < -0.3 is 5.32 Å². The Hall–Kier alpha value is -4.00. The van der Waals surface area contributed by atoms with E-state index in [2.05, 4.69) is 15.4 Å². The molecule has 0 saturated heterocycles. The predicted octanol–water partition coefficient (Wildman–Crippen LogP) is 3.84. The molecule has 4 heterocycles. The highest BCUT2D eigenvalue weighted by Gasteiger charge is 2.18. The number of aryl methyl sites for hydroxylation is 2. The maximum absolute atomic E-state index is 13.1. The number of carbonyl (C=O) groups excluding carboxylic acids is 1. The summed E-state index contributed by atoms with van der Waals surface area (Å²) in [5.41, 5.74) is 4.47. The van der Waals surface area contributed by atoms with Crippen LogP contribution in [-0.2, 0) is 7.05 Å². The molecule has 5 aromatic rings. The van der Waals surface area contributed by atoms with Gasteiger partial charge in [0.05, 0.1) is 11.3 Å². The SMILES string of the molecule is Cc1nn(C)c2ncc(C(=O)Nc3c(-c4ccccc4)nc4ccccn34)cc12. The number of rotatable bonds is 3. The molecule has 7 heteroatoms. The van der Waals surface area contributed by atoms with Crippen LogP contribution in [0.1, 0.15) is 16.1 Å². The molecule has 0 spiro atoms. The van der Waals surface area contributed by atoms with Crippen LogP contribution >= 0.6 is 0 Å². The summed E-state index contributed by atoms with van der Waals surface area (Å²) in [6, 6.07) is 17.4. The molecule has 5 rings (SSSR count). The van der Waals surface area contributed by atoms with Gasteiger partial charge in [-0.15, -0.1) is 0 Å². The van der Waals surface area contributed by atoms with E-state index in [9.17, 15) is 4.79 Å². The second kappa shape index (κ2) is 6.56. The lowest BCUT2D eigenvalue weighted by atomic mass is 10.1. The average Bonchev–Trinajstić information content (AvgIpc) is 3.26. The third kappa shape index (κ3) is 2.84. The van der Waals surface area contributed by atoms with E-state index in [1.54, 1.807) is 10.9 Å². The lowest BCUT2D eigenvalue weighted by Crippen LogP contribution is -2.14. The third-order valence-corrected chi connectivity index (χ3v) is 4.93. The van der Waals surface area contributed by atoms with E-state index >= 15 is 0 Å². The van der Waals surface area contributed by atoms with Gasteiger partial charge in [0, 0.05) is 30.4 Å². The van der Waals surface area contributed by atoms with Crippen LogP contribution in [0.5, 0.6) is 0 Å². The number of anilines is 1. The van der Waals surface area contributed by atoms with E-state index in [1.165, 1.54) is 0 Å². The number of carbonyl (C=O) groups is 1. The van der Waals surface area contributed by atoms with Crippen LogP contribution in [0.15, 0.2) is 67.0 Å². The van der Waals surface area contributed by atoms with Crippen molar-refractivity contribution in [2.75, 3.05) is 5.32 Å².